The first-order valence-corrected chi connectivity index (χ1v) is 6.31. The molecule has 14 heavy (non-hydrogen) atoms. The molecule has 0 aliphatic rings. The van der Waals surface area contributed by atoms with E-state index in [1.807, 2.05) is 36.4 Å². The molecule has 0 aromatic heterocycles. The largest absolute Gasteiger partial charge is 0.255 e. The van der Waals surface area contributed by atoms with Gasteiger partial charge in [0, 0.05) is 22.0 Å². The van der Waals surface area contributed by atoms with Crippen LogP contribution in [0.2, 0.25) is 0 Å². The Balaban J connectivity index is 2.44. The van der Waals surface area contributed by atoms with Crippen molar-refractivity contribution in [2.45, 2.75) is 19.8 Å². The second-order valence-corrected chi connectivity index (χ2v) is 4.59. The fraction of sp³-hybridized carbons (Fsp3) is 0.333. The highest BCUT2D eigenvalue weighted by Crippen LogP contribution is 2.02. The molecule has 0 saturated heterocycles. The predicted octanol–water partition coefficient (Wildman–Crippen LogP) is 3.21. The maximum Gasteiger partial charge on any atom is 0.0456 e. The Kier molecular flexibility index (Phi) is 5.23. The fourth-order valence-corrected chi connectivity index (χ4v) is 2.09. The summed E-state index contributed by atoms with van der Waals surface area (Å²) in [7, 11) is -0.801. The lowest BCUT2D eigenvalue weighted by Gasteiger charge is -1.94. The van der Waals surface area contributed by atoms with E-state index in [0.29, 0.717) is 0 Å². The molecule has 1 aromatic rings. The first-order chi connectivity index (χ1) is 6.83. The summed E-state index contributed by atoms with van der Waals surface area (Å²) in [6, 6.07) is 9.95. The van der Waals surface area contributed by atoms with Crippen molar-refractivity contribution in [3.05, 3.63) is 41.3 Å². The lowest BCUT2D eigenvalue weighted by Crippen LogP contribution is -1.91. The average molecular weight is 208 g/mol. The summed E-state index contributed by atoms with van der Waals surface area (Å²) < 4.78 is 11.4. The van der Waals surface area contributed by atoms with E-state index in [1.54, 1.807) is 5.41 Å². The van der Waals surface area contributed by atoms with E-state index in [1.165, 1.54) is 0 Å². The number of benzene rings is 1. The molecule has 0 saturated carbocycles. The van der Waals surface area contributed by atoms with Crippen LogP contribution in [-0.2, 0) is 10.8 Å². The predicted molar refractivity (Wildman–Crippen MR) is 63.4 cm³/mol. The number of hydrogen-bond acceptors (Lipinski definition) is 1. The lowest BCUT2D eigenvalue weighted by atomic mass is 10.2. The molecule has 0 radical (unpaired) electrons. The molecule has 0 unspecified atom stereocenters. The third-order valence-corrected chi connectivity index (χ3v) is 3.04. The molecule has 0 N–H and O–H groups in total. The van der Waals surface area contributed by atoms with Gasteiger partial charge in [0.1, 0.15) is 0 Å². The van der Waals surface area contributed by atoms with Crippen LogP contribution in [0.3, 0.4) is 0 Å². The normalized spacial score (nSPS) is 13.2. The average Bonchev–Trinajstić information content (AvgIpc) is 2.25. The third-order valence-electron chi connectivity index (χ3n) is 1.91. The highest BCUT2D eigenvalue weighted by molar-refractivity contribution is 7.88. The van der Waals surface area contributed by atoms with Crippen molar-refractivity contribution in [3.63, 3.8) is 0 Å². The van der Waals surface area contributed by atoms with Crippen molar-refractivity contribution in [1.82, 2.24) is 0 Å². The molecule has 2 heteroatoms. The van der Waals surface area contributed by atoms with Crippen LogP contribution in [0, 0.1) is 0 Å². The summed E-state index contributed by atoms with van der Waals surface area (Å²) in [5.41, 5.74) is 1.11. The van der Waals surface area contributed by atoms with Crippen LogP contribution in [0.4, 0.5) is 0 Å². The first kappa shape index (κ1) is 11.2. The Labute approximate surface area is 88.3 Å². The highest BCUT2D eigenvalue weighted by atomic mass is 32.2. The van der Waals surface area contributed by atoms with Crippen LogP contribution in [0.15, 0.2) is 35.7 Å². The summed E-state index contributed by atoms with van der Waals surface area (Å²) >= 11 is 0. The zero-order chi connectivity index (χ0) is 10.2. The molecule has 1 nitrogen and oxygen atoms in total. The van der Waals surface area contributed by atoms with Crippen LogP contribution in [0.1, 0.15) is 25.3 Å². The summed E-state index contributed by atoms with van der Waals surface area (Å²) in [6.45, 7) is 2.11. The third kappa shape index (κ3) is 4.38. The molecule has 1 rings (SSSR count). The minimum absolute atomic E-state index is 0.778. The first-order valence-electron chi connectivity index (χ1n) is 4.93. The SMILES string of the molecule is CCCC[S@](=O)C=Cc1ccccc1. The van der Waals surface area contributed by atoms with E-state index in [0.717, 1.165) is 24.2 Å². The van der Waals surface area contributed by atoms with Gasteiger partial charge in [-0.3, -0.25) is 4.21 Å². The number of unbranched alkanes of at least 4 members (excludes halogenated alkanes) is 1. The molecule has 76 valence electrons. The van der Waals surface area contributed by atoms with Crippen molar-refractivity contribution >= 4 is 16.9 Å². The van der Waals surface area contributed by atoms with Gasteiger partial charge in [0.05, 0.1) is 0 Å². The van der Waals surface area contributed by atoms with Gasteiger partial charge in [0.15, 0.2) is 0 Å². The molecule has 0 aliphatic heterocycles. The van der Waals surface area contributed by atoms with Gasteiger partial charge in [0.2, 0.25) is 0 Å². The van der Waals surface area contributed by atoms with Gasteiger partial charge in [-0.25, -0.2) is 0 Å². The van der Waals surface area contributed by atoms with Crippen LogP contribution >= 0.6 is 0 Å². The molecule has 0 fully saturated rings. The van der Waals surface area contributed by atoms with Gasteiger partial charge in [0.25, 0.3) is 0 Å². The Bertz CT molecular complexity index is 303. The van der Waals surface area contributed by atoms with Gasteiger partial charge in [-0.05, 0) is 18.1 Å². The van der Waals surface area contributed by atoms with E-state index in [9.17, 15) is 4.21 Å². The van der Waals surface area contributed by atoms with Gasteiger partial charge in [-0.1, -0.05) is 43.7 Å². The topological polar surface area (TPSA) is 17.1 Å². The van der Waals surface area contributed by atoms with Crippen LogP contribution in [-0.4, -0.2) is 9.96 Å². The van der Waals surface area contributed by atoms with Crippen molar-refractivity contribution in [2.75, 3.05) is 5.75 Å². The second kappa shape index (κ2) is 6.55. The van der Waals surface area contributed by atoms with Crippen molar-refractivity contribution in [1.29, 1.82) is 0 Å². The second-order valence-electron chi connectivity index (χ2n) is 3.15. The molecular formula is C12H16OS. The van der Waals surface area contributed by atoms with Gasteiger partial charge >= 0.3 is 0 Å². The summed E-state index contributed by atoms with van der Waals surface area (Å²) in [5, 5.41) is 1.78. The standard InChI is InChI=1S/C12H16OS/c1-2-3-10-14(13)11-9-12-7-5-4-6-8-12/h4-9,11H,2-3,10H2,1H3/t14-/m0/s1. The molecule has 0 amide bonds. The number of hydrogen-bond donors (Lipinski definition) is 0. The van der Waals surface area contributed by atoms with Gasteiger partial charge < -0.3 is 0 Å². The molecule has 0 aliphatic carbocycles. The smallest absolute Gasteiger partial charge is 0.0456 e. The molecular weight excluding hydrogens is 192 g/mol. The Hall–Kier alpha value is -0.890. The molecule has 0 spiro atoms. The molecule has 0 heterocycles. The molecule has 0 bridgehead atoms. The Morgan fingerprint density at radius 3 is 2.64 bits per heavy atom. The lowest BCUT2D eigenvalue weighted by molar-refractivity contribution is 0.685. The highest BCUT2D eigenvalue weighted by Gasteiger charge is 1.92. The molecule has 1 aromatic carbocycles. The minimum atomic E-state index is -0.801. The van der Waals surface area contributed by atoms with Crippen LogP contribution in [0.5, 0.6) is 0 Å². The van der Waals surface area contributed by atoms with Crippen molar-refractivity contribution < 1.29 is 4.21 Å². The van der Waals surface area contributed by atoms with E-state index >= 15 is 0 Å². The summed E-state index contributed by atoms with van der Waals surface area (Å²) in [6.07, 6.45) is 4.06. The maximum absolute atomic E-state index is 11.4. The van der Waals surface area contributed by atoms with E-state index in [4.69, 9.17) is 0 Å². The number of rotatable bonds is 5. The Morgan fingerprint density at radius 1 is 1.29 bits per heavy atom. The van der Waals surface area contributed by atoms with Crippen LogP contribution in [0.25, 0.3) is 6.08 Å². The Morgan fingerprint density at radius 2 is 2.00 bits per heavy atom. The van der Waals surface area contributed by atoms with E-state index in [-0.39, 0.29) is 0 Å². The van der Waals surface area contributed by atoms with Gasteiger partial charge in [-0.2, -0.15) is 0 Å². The minimum Gasteiger partial charge on any atom is -0.255 e. The zero-order valence-corrected chi connectivity index (χ0v) is 9.30. The van der Waals surface area contributed by atoms with Crippen LogP contribution < -0.4 is 0 Å². The van der Waals surface area contributed by atoms with Crippen molar-refractivity contribution in [2.24, 2.45) is 0 Å². The van der Waals surface area contributed by atoms with E-state index in [2.05, 4.69) is 6.92 Å². The maximum atomic E-state index is 11.4. The summed E-state index contributed by atoms with van der Waals surface area (Å²) in [5.74, 6) is 0.778. The summed E-state index contributed by atoms with van der Waals surface area (Å²) in [4.78, 5) is 0. The zero-order valence-electron chi connectivity index (χ0n) is 8.48. The monoisotopic (exact) mass is 208 g/mol. The quantitative estimate of drug-likeness (QED) is 0.726. The fourth-order valence-electron chi connectivity index (χ4n) is 1.07. The van der Waals surface area contributed by atoms with Crippen molar-refractivity contribution in [3.8, 4) is 0 Å². The van der Waals surface area contributed by atoms with E-state index < -0.39 is 10.8 Å². The molecule has 1 atom stereocenters. The van der Waals surface area contributed by atoms with Gasteiger partial charge in [-0.15, -0.1) is 0 Å².